The monoisotopic (exact) mass is 323 g/mol. The van der Waals surface area contributed by atoms with Crippen LogP contribution in [0, 0.1) is 0 Å². The molecular weight excluding hydrogens is 294 g/mol. The standard InChI is InChI=1S/C11H13N.C11H16O/c1-3-10(8-12)11-7-5-4-6-9(11)2;1-2-3-9-12-10-11-7-5-4-6-8-11/h3-7H,1-2,8,12H2;4-8H,2-3,9-10H2,1H3/b11-10+;. The molecule has 2 heteroatoms. The van der Waals surface area contributed by atoms with Crippen LogP contribution in [0.3, 0.4) is 0 Å². The summed E-state index contributed by atoms with van der Waals surface area (Å²) in [5.41, 5.74) is 7.85. The highest BCUT2D eigenvalue weighted by Crippen LogP contribution is 2.01. The molecule has 2 N–H and O–H groups in total. The van der Waals surface area contributed by atoms with E-state index in [-0.39, 0.29) is 0 Å². The molecule has 0 saturated heterocycles. The van der Waals surface area contributed by atoms with E-state index < -0.39 is 0 Å². The average molecular weight is 323 g/mol. The second kappa shape index (κ2) is 12.3. The first kappa shape index (κ1) is 19.9. The van der Waals surface area contributed by atoms with Gasteiger partial charge in [0.2, 0.25) is 0 Å². The molecule has 0 radical (unpaired) electrons. The van der Waals surface area contributed by atoms with Crippen LogP contribution in [0.5, 0.6) is 0 Å². The maximum absolute atomic E-state index is 5.55. The highest BCUT2D eigenvalue weighted by atomic mass is 16.5. The summed E-state index contributed by atoms with van der Waals surface area (Å²) in [6, 6.07) is 18.2. The summed E-state index contributed by atoms with van der Waals surface area (Å²) in [4.78, 5) is 0. The zero-order valence-corrected chi connectivity index (χ0v) is 14.7. The molecule has 0 bridgehead atoms. The molecule has 0 aromatic heterocycles. The molecule has 0 saturated carbocycles. The van der Waals surface area contributed by atoms with E-state index in [9.17, 15) is 0 Å². The van der Waals surface area contributed by atoms with Gasteiger partial charge in [-0.15, -0.1) is 0 Å². The minimum Gasteiger partial charge on any atom is -0.377 e. The van der Waals surface area contributed by atoms with Crippen molar-refractivity contribution in [3.8, 4) is 0 Å². The molecule has 0 aliphatic rings. The second-order valence-corrected chi connectivity index (χ2v) is 5.48. The predicted molar refractivity (Wildman–Crippen MR) is 105 cm³/mol. The Balaban J connectivity index is 0.000000240. The Kier molecular flexibility index (Phi) is 10.2. The Bertz CT molecular complexity index is 691. The molecule has 0 fully saturated rings. The summed E-state index contributed by atoms with van der Waals surface area (Å²) >= 11 is 0. The Morgan fingerprint density at radius 1 is 1.08 bits per heavy atom. The van der Waals surface area contributed by atoms with E-state index in [1.807, 2.05) is 42.5 Å². The van der Waals surface area contributed by atoms with Crippen LogP contribution in [0.1, 0.15) is 25.3 Å². The smallest absolute Gasteiger partial charge is 0.0716 e. The Labute approximate surface area is 146 Å². The molecule has 0 heterocycles. The summed E-state index contributed by atoms with van der Waals surface area (Å²) in [6.07, 6.45) is 4.14. The number of hydrogen-bond acceptors (Lipinski definition) is 2. The van der Waals surface area contributed by atoms with E-state index in [0.29, 0.717) is 6.54 Å². The van der Waals surface area contributed by atoms with Crippen molar-refractivity contribution in [3.63, 3.8) is 0 Å². The molecule has 24 heavy (non-hydrogen) atoms. The maximum atomic E-state index is 5.55. The third kappa shape index (κ3) is 7.40. The molecule has 0 aliphatic carbocycles. The fourth-order valence-corrected chi connectivity index (χ4v) is 2.15. The molecule has 2 nitrogen and oxygen atoms in total. The van der Waals surface area contributed by atoms with Crippen molar-refractivity contribution in [2.24, 2.45) is 5.73 Å². The molecule has 0 spiro atoms. The third-order valence-electron chi connectivity index (χ3n) is 3.58. The minimum atomic E-state index is 0.510. The van der Waals surface area contributed by atoms with Gasteiger partial charge in [-0.25, -0.2) is 0 Å². The van der Waals surface area contributed by atoms with Crippen LogP contribution in [-0.4, -0.2) is 13.2 Å². The summed E-state index contributed by atoms with van der Waals surface area (Å²) in [5, 5.41) is 2.09. The van der Waals surface area contributed by atoms with E-state index in [1.54, 1.807) is 6.08 Å². The maximum Gasteiger partial charge on any atom is 0.0716 e. The van der Waals surface area contributed by atoms with Crippen LogP contribution in [0.4, 0.5) is 0 Å². The fraction of sp³-hybridized carbons (Fsp3) is 0.273. The zero-order chi connectivity index (χ0) is 17.6. The first-order chi connectivity index (χ1) is 11.7. The third-order valence-corrected chi connectivity index (χ3v) is 3.58. The first-order valence-corrected chi connectivity index (χ1v) is 8.44. The summed E-state index contributed by atoms with van der Waals surface area (Å²) in [6.45, 7) is 11.9. The lowest BCUT2D eigenvalue weighted by molar-refractivity contribution is 0.118. The highest BCUT2D eigenvalue weighted by molar-refractivity contribution is 5.57. The van der Waals surface area contributed by atoms with Crippen molar-refractivity contribution in [2.75, 3.05) is 13.2 Å². The number of unbranched alkanes of at least 4 members (excludes halogenated alkanes) is 1. The lowest BCUT2D eigenvalue weighted by Crippen LogP contribution is -2.26. The van der Waals surface area contributed by atoms with E-state index in [1.165, 1.54) is 12.0 Å². The number of hydrogen-bond donors (Lipinski definition) is 1. The Hall–Kier alpha value is -2.16. The predicted octanol–water partition coefficient (Wildman–Crippen LogP) is 3.40. The number of benzene rings is 2. The quantitative estimate of drug-likeness (QED) is 0.793. The van der Waals surface area contributed by atoms with Crippen LogP contribution in [0.2, 0.25) is 0 Å². The van der Waals surface area contributed by atoms with Crippen molar-refractivity contribution < 1.29 is 4.74 Å². The fourth-order valence-electron chi connectivity index (χ4n) is 2.15. The van der Waals surface area contributed by atoms with Gasteiger partial charge in [-0.2, -0.15) is 0 Å². The summed E-state index contributed by atoms with van der Waals surface area (Å²) in [5.74, 6) is 0. The molecule has 2 aromatic rings. The van der Waals surface area contributed by atoms with Gasteiger partial charge in [0.15, 0.2) is 0 Å². The van der Waals surface area contributed by atoms with Crippen LogP contribution < -0.4 is 16.2 Å². The molecule has 0 amide bonds. The summed E-state index contributed by atoms with van der Waals surface area (Å²) < 4.78 is 5.46. The van der Waals surface area contributed by atoms with Crippen LogP contribution in [0.25, 0.3) is 12.2 Å². The van der Waals surface area contributed by atoms with E-state index in [0.717, 1.165) is 35.6 Å². The van der Waals surface area contributed by atoms with Crippen molar-refractivity contribution in [1.29, 1.82) is 0 Å². The number of nitrogens with two attached hydrogens (primary N) is 1. The largest absolute Gasteiger partial charge is 0.377 e. The molecule has 2 aromatic carbocycles. The van der Waals surface area contributed by atoms with Crippen molar-refractivity contribution in [1.82, 2.24) is 0 Å². The van der Waals surface area contributed by atoms with Crippen LogP contribution >= 0.6 is 0 Å². The lowest BCUT2D eigenvalue weighted by Gasteiger charge is -2.02. The van der Waals surface area contributed by atoms with Crippen molar-refractivity contribution in [3.05, 3.63) is 83.3 Å². The molecular formula is C22H29NO. The minimum absolute atomic E-state index is 0.510. The number of ether oxygens (including phenoxy) is 1. The molecule has 0 unspecified atom stereocenters. The van der Waals surface area contributed by atoms with Gasteiger partial charge in [-0.05, 0) is 28.0 Å². The Morgan fingerprint density at radius 2 is 1.75 bits per heavy atom. The second-order valence-electron chi connectivity index (χ2n) is 5.48. The SMILES string of the molecule is C=C/C(CN)=c1/ccccc1=C.CCCCOCc1ccccc1. The van der Waals surface area contributed by atoms with E-state index >= 15 is 0 Å². The Morgan fingerprint density at radius 3 is 2.33 bits per heavy atom. The topological polar surface area (TPSA) is 35.2 Å². The van der Waals surface area contributed by atoms with Gasteiger partial charge in [0.25, 0.3) is 0 Å². The van der Waals surface area contributed by atoms with Crippen molar-refractivity contribution >= 4 is 12.2 Å². The van der Waals surface area contributed by atoms with Gasteiger partial charge in [0.05, 0.1) is 6.61 Å². The molecule has 2 rings (SSSR count). The van der Waals surface area contributed by atoms with Crippen LogP contribution in [-0.2, 0) is 11.3 Å². The van der Waals surface area contributed by atoms with Gasteiger partial charge in [-0.1, -0.05) is 87.2 Å². The van der Waals surface area contributed by atoms with E-state index in [4.69, 9.17) is 10.5 Å². The summed E-state index contributed by atoms with van der Waals surface area (Å²) in [7, 11) is 0. The molecule has 0 atom stereocenters. The first-order valence-electron chi connectivity index (χ1n) is 8.44. The molecule has 128 valence electrons. The average Bonchev–Trinajstić information content (AvgIpc) is 2.63. The molecule has 0 aliphatic heterocycles. The normalized spacial score (nSPS) is 11.2. The zero-order valence-electron chi connectivity index (χ0n) is 14.7. The highest BCUT2D eigenvalue weighted by Gasteiger charge is 1.90. The van der Waals surface area contributed by atoms with Gasteiger partial charge in [0, 0.05) is 13.2 Å². The van der Waals surface area contributed by atoms with Crippen LogP contribution in [0.15, 0.2) is 67.3 Å². The number of rotatable bonds is 7. The van der Waals surface area contributed by atoms with Gasteiger partial charge < -0.3 is 10.5 Å². The van der Waals surface area contributed by atoms with Gasteiger partial charge in [0.1, 0.15) is 0 Å². The lowest BCUT2D eigenvalue weighted by atomic mass is 10.1. The van der Waals surface area contributed by atoms with E-state index in [2.05, 4.69) is 32.2 Å². The van der Waals surface area contributed by atoms with Gasteiger partial charge >= 0.3 is 0 Å². The van der Waals surface area contributed by atoms with Gasteiger partial charge in [-0.3, -0.25) is 0 Å². The van der Waals surface area contributed by atoms with Crippen molar-refractivity contribution in [2.45, 2.75) is 26.4 Å².